The number of allylic oxidation sites excluding steroid dienone is 1. The fraction of sp³-hybridized carbons (Fsp3) is 0.275. The molecule has 55 heavy (non-hydrogen) atoms. The third-order valence-electron chi connectivity index (χ3n) is 10.3. The van der Waals surface area contributed by atoms with Crippen LogP contribution in [-0.4, -0.2) is 30.5 Å². The second-order valence-corrected chi connectivity index (χ2v) is 15.2. The first-order valence-corrected chi connectivity index (χ1v) is 19.9. The van der Waals surface area contributed by atoms with Crippen molar-refractivity contribution in [3.05, 3.63) is 175 Å². The van der Waals surface area contributed by atoms with Crippen LogP contribution in [-0.2, 0) is 24.8 Å². The third kappa shape index (κ3) is 9.93. The number of aryl methyl sites for hydroxylation is 3. The maximum atomic E-state index is 7.61. The summed E-state index contributed by atoms with van der Waals surface area (Å²) in [6.45, 7) is 9.84. The highest BCUT2D eigenvalue weighted by atomic mass is 16.5. The van der Waals surface area contributed by atoms with E-state index in [-0.39, 0.29) is 5.41 Å². The fourth-order valence-electron chi connectivity index (χ4n) is 7.20. The van der Waals surface area contributed by atoms with Gasteiger partial charge in [0.25, 0.3) is 0 Å². The lowest BCUT2D eigenvalue weighted by atomic mass is 9.84. The molecule has 1 heterocycles. The molecular weight excluding hydrogens is 671 g/mol. The zero-order valence-electron chi connectivity index (χ0n) is 33.6. The van der Waals surface area contributed by atoms with Gasteiger partial charge in [0.05, 0.1) is 11.4 Å². The van der Waals surface area contributed by atoms with Gasteiger partial charge in [0.2, 0.25) is 0 Å². The van der Waals surface area contributed by atoms with Gasteiger partial charge < -0.3 is 14.2 Å². The van der Waals surface area contributed by atoms with E-state index in [2.05, 4.69) is 209 Å². The monoisotopic (exact) mass is 727 g/mol. The number of anilines is 1. The quantitative estimate of drug-likeness (QED) is 0.0691. The number of para-hydroxylation sites is 1. The van der Waals surface area contributed by atoms with Crippen molar-refractivity contribution >= 4 is 17.1 Å². The van der Waals surface area contributed by atoms with Gasteiger partial charge in [-0.15, -0.1) is 0 Å². The molecule has 282 valence electrons. The van der Waals surface area contributed by atoms with Gasteiger partial charge >= 0.3 is 0 Å². The molecule has 0 radical (unpaired) electrons. The summed E-state index contributed by atoms with van der Waals surface area (Å²) in [4.78, 5) is 7.91. The van der Waals surface area contributed by atoms with Crippen molar-refractivity contribution in [2.45, 2.75) is 77.9 Å². The first-order valence-electron chi connectivity index (χ1n) is 19.9. The smallest absolute Gasteiger partial charge is 0.155 e. The van der Waals surface area contributed by atoms with Crippen LogP contribution < -0.4 is 9.64 Å². The van der Waals surface area contributed by atoms with Crippen LogP contribution in [0.3, 0.4) is 0 Å². The molecule has 0 amide bonds. The minimum absolute atomic E-state index is 0.249. The fourth-order valence-corrected chi connectivity index (χ4v) is 7.20. The predicted octanol–water partition coefficient (Wildman–Crippen LogP) is 12.9. The summed E-state index contributed by atoms with van der Waals surface area (Å²) in [5.41, 5.74) is 11.1. The number of nitrogens with zero attached hydrogens (tertiary/aromatic N) is 3. The standard InChI is InChI=1S/C51H57N3O/c1-7-21-41-27-20-28-42(22-8-2)49(41)52-47(32-36-54-34-18-19-35-54)48(31-33-51(3,4)43-29-16-11-17-30-43)55-50-45(39-23-12-9-13-24-39)37-44(53(5)6)38-46(50)40-25-14-10-15-26-40/h9-20,23-31,33-35,37-38,48H,7-8,21-22,32,36H2,1-6H3/b33-31+,52-47-/t48-/m1/s1. The van der Waals surface area contributed by atoms with Crippen molar-refractivity contribution in [1.29, 1.82) is 0 Å². The molecule has 6 rings (SSSR count). The van der Waals surface area contributed by atoms with E-state index in [4.69, 9.17) is 9.73 Å². The average Bonchev–Trinajstić information content (AvgIpc) is 3.74. The van der Waals surface area contributed by atoms with E-state index in [1.165, 1.54) is 16.7 Å². The molecule has 0 aliphatic heterocycles. The Hall–Kier alpha value is -5.61. The summed E-state index contributed by atoms with van der Waals surface area (Å²) < 4.78 is 9.85. The third-order valence-corrected chi connectivity index (χ3v) is 10.3. The van der Waals surface area contributed by atoms with Gasteiger partial charge in [-0.05, 0) is 71.0 Å². The Morgan fingerprint density at radius 2 is 1.24 bits per heavy atom. The van der Waals surface area contributed by atoms with Crippen LogP contribution in [0.4, 0.5) is 11.4 Å². The number of aromatic nitrogens is 1. The Labute approximate surface area is 329 Å². The van der Waals surface area contributed by atoms with Crippen molar-refractivity contribution in [3.63, 3.8) is 0 Å². The molecule has 0 unspecified atom stereocenters. The molecule has 6 aromatic rings. The van der Waals surface area contributed by atoms with Crippen LogP contribution in [0.2, 0.25) is 0 Å². The largest absolute Gasteiger partial charge is 0.479 e. The maximum absolute atomic E-state index is 7.61. The molecule has 1 atom stereocenters. The number of benzene rings is 5. The first-order chi connectivity index (χ1) is 26.8. The number of hydrogen-bond donors (Lipinski definition) is 0. The topological polar surface area (TPSA) is 29.8 Å². The van der Waals surface area contributed by atoms with E-state index in [9.17, 15) is 0 Å². The van der Waals surface area contributed by atoms with Gasteiger partial charge in [0.1, 0.15) is 5.75 Å². The van der Waals surface area contributed by atoms with E-state index in [0.29, 0.717) is 0 Å². The van der Waals surface area contributed by atoms with E-state index in [1.54, 1.807) is 0 Å². The first kappa shape index (κ1) is 39.1. The summed E-state index contributed by atoms with van der Waals surface area (Å²) in [5, 5.41) is 0. The van der Waals surface area contributed by atoms with Crippen molar-refractivity contribution in [1.82, 2.24) is 4.57 Å². The lowest BCUT2D eigenvalue weighted by molar-refractivity contribution is 0.311. The zero-order valence-corrected chi connectivity index (χ0v) is 33.6. The Morgan fingerprint density at radius 1 is 0.709 bits per heavy atom. The summed E-state index contributed by atoms with van der Waals surface area (Å²) >= 11 is 0. The number of ether oxygens (including phenoxy) is 1. The normalized spacial score (nSPS) is 12.6. The van der Waals surface area contributed by atoms with Crippen LogP contribution in [0.15, 0.2) is 163 Å². The van der Waals surface area contributed by atoms with Crippen molar-refractivity contribution in [3.8, 4) is 28.0 Å². The van der Waals surface area contributed by atoms with Crippen LogP contribution in [0.5, 0.6) is 5.75 Å². The molecule has 4 heteroatoms. The summed E-state index contributed by atoms with van der Waals surface area (Å²) in [7, 11) is 4.20. The van der Waals surface area contributed by atoms with Crippen molar-refractivity contribution in [2.75, 3.05) is 19.0 Å². The summed E-state index contributed by atoms with van der Waals surface area (Å²) in [6.07, 6.45) is 13.2. The minimum atomic E-state index is -0.460. The highest BCUT2D eigenvalue weighted by Gasteiger charge is 2.25. The Kier molecular flexibility index (Phi) is 13.2. The lowest BCUT2D eigenvalue weighted by Crippen LogP contribution is -2.28. The summed E-state index contributed by atoms with van der Waals surface area (Å²) in [6, 6.07) is 47.4. The van der Waals surface area contributed by atoms with E-state index in [0.717, 1.165) is 83.7 Å². The van der Waals surface area contributed by atoms with Crippen LogP contribution in [0, 0.1) is 0 Å². The lowest BCUT2D eigenvalue weighted by Gasteiger charge is -2.27. The van der Waals surface area contributed by atoms with E-state index in [1.807, 2.05) is 0 Å². The maximum Gasteiger partial charge on any atom is 0.155 e. The van der Waals surface area contributed by atoms with E-state index < -0.39 is 6.10 Å². The molecule has 1 aromatic heterocycles. The van der Waals surface area contributed by atoms with Gasteiger partial charge in [-0.2, -0.15) is 0 Å². The van der Waals surface area contributed by atoms with Gasteiger partial charge in [-0.25, -0.2) is 0 Å². The number of rotatable bonds is 17. The molecule has 0 saturated heterocycles. The minimum Gasteiger partial charge on any atom is -0.479 e. The number of hydrogen-bond acceptors (Lipinski definition) is 3. The van der Waals surface area contributed by atoms with Gasteiger partial charge in [-0.3, -0.25) is 4.99 Å². The molecule has 4 nitrogen and oxygen atoms in total. The zero-order chi connectivity index (χ0) is 38.6. The Balaban J connectivity index is 1.61. The molecule has 0 aliphatic carbocycles. The van der Waals surface area contributed by atoms with Gasteiger partial charge in [0, 0.05) is 61.7 Å². The SMILES string of the molecule is CCCc1cccc(CCC)c1/N=C(/CCn1cccc1)[C@@H](/C=C/C(C)(C)c1ccccc1)Oc1c(-c2ccccc2)cc(N(C)C)cc1-c1ccccc1. The van der Waals surface area contributed by atoms with Crippen LogP contribution in [0.25, 0.3) is 22.3 Å². The molecule has 0 bridgehead atoms. The Bertz CT molecular complexity index is 2060. The molecule has 0 saturated carbocycles. The highest BCUT2D eigenvalue weighted by Crippen LogP contribution is 2.43. The van der Waals surface area contributed by atoms with Gasteiger partial charge in [-0.1, -0.05) is 156 Å². The average molecular weight is 728 g/mol. The second-order valence-electron chi connectivity index (χ2n) is 15.2. The predicted molar refractivity (Wildman–Crippen MR) is 235 cm³/mol. The molecule has 0 spiro atoms. The van der Waals surface area contributed by atoms with Crippen molar-refractivity contribution in [2.24, 2.45) is 4.99 Å². The Morgan fingerprint density at radius 3 is 1.75 bits per heavy atom. The van der Waals surface area contributed by atoms with E-state index >= 15 is 0 Å². The molecular formula is C51H57N3O. The summed E-state index contributed by atoms with van der Waals surface area (Å²) in [5.74, 6) is 0.847. The molecule has 5 aromatic carbocycles. The van der Waals surface area contributed by atoms with Crippen LogP contribution in [0.1, 0.15) is 63.6 Å². The molecule has 0 aliphatic rings. The second kappa shape index (κ2) is 18.6. The highest BCUT2D eigenvalue weighted by molar-refractivity contribution is 5.94. The van der Waals surface area contributed by atoms with Crippen LogP contribution >= 0.6 is 0 Å². The van der Waals surface area contributed by atoms with Gasteiger partial charge in [0.15, 0.2) is 6.10 Å². The molecule has 0 fully saturated rings. The number of aliphatic imine (C=N–C) groups is 1. The molecule has 0 N–H and O–H groups in total. The van der Waals surface area contributed by atoms with Crippen molar-refractivity contribution < 1.29 is 4.74 Å².